The van der Waals surface area contributed by atoms with Crippen LogP contribution in [0.3, 0.4) is 0 Å². The first-order chi connectivity index (χ1) is 7.72. The Morgan fingerprint density at radius 3 is 2.81 bits per heavy atom. The molecule has 2 heterocycles. The van der Waals surface area contributed by atoms with Crippen LogP contribution in [0.1, 0.15) is 0 Å². The van der Waals surface area contributed by atoms with Crippen LogP contribution < -0.4 is 0 Å². The summed E-state index contributed by atoms with van der Waals surface area (Å²) in [6.07, 6.45) is 0. The molecule has 0 spiro atoms. The molecule has 16 heavy (non-hydrogen) atoms. The molecule has 0 atom stereocenters. The number of fused-ring (bicyclic) bond motifs is 1. The van der Waals surface area contributed by atoms with Gasteiger partial charge in [0.15, 0.2) is 0 Å². The second-order valence-corrected chi connectivity index (χ2v) is 6.01. The second kappa shape index (κ2) is 3.59. The van der Waals surface area contributed by atoms with Gasteiger partial charge in [0.1, 0.15) is 0 Å². The summed E-state index contributed by atoms with van der Waals surface area (Å²) in [4.78, 5) is 10.2. The Hall–Kier alpha value is -1.36. The van der Waals surface area contributed by atoms with Gasteiger partial charge < -0.3 is 0 Å². The molecular formula is C10H6N2O2SSe. The van der Waals surface area contributed by atoms with Gasteiger partial charge in [-0.3, -0.25) is 0 Å². The van der Waals surface area contributed by atoms with Crippen molar-refractivity contribution in [3.63, 3.8) is 0 Å². The molecule has 80 valence electrons. The van der Waals surface area contributed by atoms with Crippen molar-refractivity contribution in [3.05, 3.63) is 23.1 Å². The molecular weight excluding hydrogens is 291 g/mol. The third-order valence-electron chi connectivity index (χ3n) is 2.05. The van der Waals surface area contributed by atoms with Crippen molar-refractivity contribution in [3.8, 4) is 21.2 Å². The van der Waals surface area contributed by atoms with Crippen LogP contribution >= 0.6 is 11.3 Å². The number of aromatic nitrogens is 2. The minimum absolute atomic E-state index is 0.0556. The van der Waals surface area contributed by atoms with E-state index in [1.165, 1.54) is 11.3 Å². The number of thiazole rings is 1. The van der Waals surface area contributed by atoms with Crippen LogP contribution in [0.5, 0.6) is 11.6 Å². The van der Waals surface area contributed by atoms with Crippen molar-refractivity contribution in [1.82, 2.24) is 9.97 Å². The molecule has 2 aromatic heterocycles. The normalized spacial score (nSPS) is 11.0. The van der Waals surface area contributed by atoms with E-state index in [0.29, 0.717) is 0 Å². The van der Waals surface area contributed by atoms with E-state index >= 15 is 0 Å². The van der Waals surface area contributed by atoms with E-state index in [9.17, 15) is 10.2 Å². The Labute approximate surface area is 101 Å². The average Bonchev–Trinajstić information content (AvgIpc) is 2.83. The average molecular weight is 297 g/mol. The molecule has 4 nitrogen and oxygen atoms in total. The molecule has 0 aliphatic rings. The summed E-state index contributed by atoms with van der Waals surface area (Å²) in [6, 6.07) is 5.08. The van der Waals surface area contributed by atoms with Crippen molar-refractivity contribution in [1.29, 1.82) is 0 Å². The summed E-state index contributed by atoms with van der Waals surface area (Å²) in [5, 5.41) is 19.4. The van der Waals surface area contributed by atoms with Crippen LogP contribution in [0.25, 0.3) is 19.8 Å². The molecule has 3 rings (SSSR count). The summed E-state index contributed by atoms with van der Waals surface area (Å²) in [5.41, 5.74) is 0.850. The van der Waals surface area contributed by atoms with E-state index in [2.05, 4.69) is 9.97 Å². The molecule has 0 saturated carbocycles. The Kier molecular flexibility index (Phi) is 2.21. The molecule has 0 aliphatic carbocycles. The van der Waals surface area contributed by atoms with Gasteiger partial charge in [0.25, 0.3) is 0 Å². The van der Waals surface area contributed by atoms with Crippen molar-refractivity contribution in [2.75, 3.05) is 0 Å². The summed E-state index contributed by atoms with van der Waals surface area (Å²) in [7, 11) is 0. The number of hydrogen-bond acceptors (Lipinski definition) is 5. The van der Waals surface area contributed by atoms with Gasteiger partial charge in [0, 0.05) is 0 Å². The molecule has 0 amide bonds. The third-order valence-corrected chi connectivity index (χ3v) is 5.12. The summed E-state index contributed by atoms with van der Waals surface area (Å²) in [5.74, 6) is 0.319. The van der Waals surface area contributed by atoms with E-state index in [1.807, 2.05) is 0 Å². The van der Waals surface area contributed by atoms with Crippen molar-refractivity contribution in [2.45, 2.75) is 0 Å². The SMILES string of the molecule is Oc1ccc2nc(-c3nc(O)c[se]3)sc2c1. The fourth-order valence-electron chi connectivity index (χ4n) is 1.37. The Bertz CT molecular complexity index is 662. The van der Waals surface area contributed by atoms with Crippen LogP contribution in [0.15, 0.2) is 23.1 Å². The first-order valence-corrected chi connectivity index (χ1v) is 7.13. The molecule has 1 aromatic carbocycles. The fourth-order valence-corrected chi connectivity index (χ4v) is 3.94. The first kappa shape index (κ1) is 9.84. The number of nitrogens with zero attached hydrogens (tertiary/aromatic N) is 2. The third kappa shape index (κ3) is 1.61. The molecule has 0 unspecified atom stereocenters. The van der Waals surface area contributed by atoms with Crippen LogP contribution in [0, 0.1) is 0 Å². The maximum absolute atomic E-state index is 9.35. The van der Waals surface area contributed by atoms with Gasteiger partial charge in [-0.1, -0.05) is 0 Å². The zero-order valence-corrected chi connectivity index (χ0v) is 10.4. The molecule has 6 heteroatoms. The fraction of sp³-hybridized carbons (Fsp3) is 0. The van der Waals surface area contributed by atoms with Gasteiger partial charge in [-0.15, -0.1) is 0 Å². The summed E-state index contributed by atoms with van der Waals surface area (Å²) in [6.45, 7) is 0. The molecule has 0 radical (unpaired) electrons. The second-order valence-electron chi connectivity index (χ2n) is 3.18. The van der Waals surface area contributed by atoms with Crippen LogP contribution in [0.2, 0.25) is 0 Å². The quantitative estimate of drug-likeness (QED) is 0.673. The Balaban J connectivity index is 2.18. The number of phenolic OH excluding ortho intramolecular Hbond substituents is 1. The van der Waals surface area contributed by atoms with Crippen LogP contribution in [-0.2, 0) is 0 Å². The molecule has 2 N–H and O–H groups in total. The van der Waals surface area contributed by atoms with Gasteiger partial charge in [0.2, 0.25) is 0 Å². The predicted octanol–water partition coefficient (Wildman–Crippen LogP) is 1.83. The first-order valence-electron chi connectivity index (χ1n) is 4.47. The monoisotopic (exact) mass is 298 g/mol. The minimum atomic E-state index is 0.0556. The van der Waals surface area contributed by atoms with Crippen molar-refractivity contribution >= 4 is 36.1 Å². The molecule has 0 fully saturated rings. The van der Waals surface area contributed by atoms with Gasteiger partial charge in [-0.25, -0.2) is 0 Å². The van der Waals surface area contributed by atoms with E-state index < -0.39 is 0 Å². The number of aromatic hydroxyl groups is 2. The number of rotatable bonds is 1. The summed E-state index contributed by atoms with van der Waals surface area (Å²) < 4.78 is 1.77. The molecule has 0 aliphatic heterocycles. The maximum atomic E-state index is 9.35. The van der Waals surface area contributed by atoms with E-state index in [1.54, 1.807) is 23.1 Å². The van der Waals surface area contributed by atoms with Gasteiger partial charge in [-0.2, -0.15) is 0 Å². The van der Waals surface area contributed by atoms with Crippen molar-refractivity contribution in [2.24, 2.45) is 0 Å². The van der Waals surface area contributed by atoms with E-state index in [4.69, 9.17) is 0 Å². The number of hydrogen-bond donors (Lipinski definition) is 2. The van der Waals surface area contributed by atoms with Crippen LogP contribution in [-0.4, -0.2) is 34.7 Å². The van der Waals surface area contributed by atoms with Crippen LogP contribution in [0.4, 0.5) is 0 Å². The summed E-state index contributed by atoms with van der Waals surface area (Å²) >= 11 is 1.54. The number of benzene rings is 1. The van der Waals surface area contributed by atoms with E-state index in [0.717, 1.165) is 19.8 Å². The van der Waals surface area contributed by atoms with Crippen molar-refractivity contribution < 1.29 is 10.2 Å². The van der Waals surface area contributed by atoms with E-state index in [-0.39, 0.29) is 26.1 Å². The van der Waals surface area contributed by atoms with Gasteiger partial charge in [-0.05, 0) is 0 Å². The topological polar surface area (TPSA) is 66.2 Å². The zero-order valence-electron chi connectivity index (χ0n) is 7.91. The van der Waals surface area contributed by atoms with Gasteiger partial charge in [0.05, 0.1) is 0 Å². The standard InChI is InChI=1S/C10H6N2O2SSe/c13-5-1-2-6-7(3-5)15-9(11-6)10-12-8(14)4-16-10/h1-4,13-14H. The van der Waals surface area contributed by atoms with Gasteiger partial charge >= 0.3 is 101 Å². The molecule has 0 bridgehead atoms. The Morgan fingerprint density at radius 2 is 2.06 bits per heavy atom. The molecule has 3 aromatic rings. The zero-order chi connectivity index (χ0) is 11.1. The Morgan fingerprint density at radius 1 is 1.19 bits per heavy atom. The number of phenols is 1. The predicted molar refractivity (Wildman–Crippen MR) is 63.1 cm³/mol. The molecule has 0 saturated heterocycles.